The summed E-state index contributed by atoms with van der Waals surface area (Å²) in [6.07, 6.45) is 6.17. The number of carbonyl (C=O) groups excluding carboxylic acids is 1. The maximum absolute atomic E-state index is 11.8. The Labute approximate surface area is 96.6 Å². The Kier molecular flexibility index (Phi) is 5.47. The van der Waals surface area contributed by atoms with Crippen LogP contribution in [-0.4, -0.2) is 30.0 Å². The molecule has 0 aromatic rings. The zero-order chi connectivity index (χ0) is 11.3. The molecule has 88 valence electrons. The predicted octanol–water partition coefficient (Wildman–Crippen LogP) is 1.37. The van der Waals surface area contributed by atoms with E-state index in [1.807, 2.05) is 11.8 Å². The van der Waals surface area contributed by atoms with E-state index in [0.717, 1.165) is 31.4 Å². The third-order valence-corrected chi connectivity index (χ3v) is 3.69. The predicted molar refractivity (Wildman–Crippen MR) is 65.9 cm³/mol. The smallest absolute Gasteiger partial charge is 0.224 e. The van der Waals surface area contributed by atoms with Gasteiger partial charge in [0, 0.05) is 12.1 Å². The number of nitrogens with two attached hydrogens (primary N) is 1. The summed E-state index contributed by atoms with van der Waals surface area (Å²) >= 11 is 1.81. The first-order chi connectivity index (χ1) is 7.15. The molecule has 0 saturated heterocycles. The molecular weight excluding hydrogens is 208 g/mol. The average Bonchev–Trinajstić information content (AvgIpc) is 2.61. The number of rotatable bonds is 5. The molecule has 0 aliphatic heterocycles. The van der Waals surface area contributed by atoms with Gasteiger partial charge in [0.25, 0.3) is 0 Å². The zero-order valence-electron chi connectivity index (χ0n) is 9.66. The van der Waals surface area contributed by atoms with Crippen LogP contribution in [0.15, 0.2) is 0 Å². The molecule has 0 bridgehead atoms. The molecule has 4 heteroatoms. The van der Waals surface area contributed by atoms with Crippen molar-refractivity contribution in [3.8, 4) is 0 Å². The quantitative estimate of drug-likeness (QED) is 0.750. The molecular formula is C11H22N2OS. The summed E-state index contributed by atoms with van der Waals surface area (Å²) < 4.78 is 0. The lowest BCUT2D eigenvalue weighted by atomic mass is 10.0. The molecule has 1 saturated carbocycles. The largest absolute Gasteiger partial charge is 0.353 e. The fourth-order valence-corrected chi connectivity index (χ4v) is 2.62. The maximum atomic E-state index is 11.8. The molecule has 0 aromatic carbocycles. The van der Waals surface area contributed by atoms with Crippen molar-refractivity contribution < 1.29 is 4.79 Å². The second-order valence-electron chi connectivity index (χ2n) is 4.39. The Bertz CT molecular complexity index is 211. The van der Waals surface area contributed by atoms with Crippen molar-refractivity contribution in [1.29, 1.82) is 0 Å². The molecule has 0 radical (unpaired) electrons. The highest BCUT2D eigenvalue weighted by Gasteiger charge is 2.30. The fourth-order valence-electron chi connectivity index (χ4n) is 2.03. The van der Waals surface area contributed by atoms with Gasteiger partial charge in [-0.3, -0.25) is 4.79 Å². The highest BCUT2D eigenvalue weighted by molar-refractivity contribution is 7.98. The van der Waals surface area contributed by atoms with Crippen molar-refractivity contribution >= 4 is 17.7 Å². The summed E-state index contributed by atoms with van der Waals surface area (Å²) in [5, 5.41) is 3.05. The molecule has 0 heterocycles. The molecule has 3 nitrogen and oxygen atoms in total. The van der Waals surface area contributed by atoms with E-state index in [1.54, 1.807) is 0 Å². The van der Waals surface area contributed by atoms with Crippen LogP contribution in [0.4, 0.5) is 0 Å². The molecule has 1 aliphatic carbocycles. The topological polar surface area (TPSA) is 55.1 Å². The van der Waals surface area contributed by atoms with Gasteiger partial charge in [0.1, 0.15) is 0 Å². The summed E-state index contributed by atoms with van der Waals surface area (Å²) in [7, 11) is 0. The number of hydrogen-bond donors (Lipinski definition) is 2. The van der Waals surface area contributed by atoms with E-state index < -0.39 is 0 Å². The number of amides is 1. The van der Waals surface area contributed by atoms with Crippen LogP contribution < -0.4 is 11.1 Å². The molecule has 3 atom stereocenters. The minimum atomic E-state index is 0.0572. The van der Waals surface area contributed by atoms with Crippen LogP contribution in [0.1, 0.15) is 32.6 Å². The van der Waals surface area contributed by atoms with Gasteiger partial charge in [0.2, 0.25) is 5.91 Å². The number of thioether (sulfide) groups is 1. The van der Waals surface area contributed by atoms with E-state index in [0.29, 0.717) is 0 Å². The summed E-state index contributed by atoms with van der Waals surface area (Å²) in [5.41, 5.74) is 5.89. The second-order valence-corrected chi connectivity index (χ2v) is 5.38. The van der Waals surface area contributed by atoms with Crippen molar-refractivity contribution in [3.05, 3.63) is 0 Å². The minimum Gasteiger partial charge on any atom is -0.353 e. The molecule has 0 aromatic heterocycles. The lowest BCUT2D eigenvalue weighted by Gasteiger charge is -2.19. The molecule has 3 unspecified atom stereocenters. The van der Waals surface area contributed by atoms with Gasteiger partial charge in [-0.1, -0.05) is 6.42 Å². The number of carbonyl (C=O) groups is 1. The lowest BCUT2D eigenvalue weighted by Crippen LogP contribution is -2.42. The molecule has 3 N–H and O–H groups in total. The Morgan fingerprint density at radius 2 is 2.33 bits per heavy atom. The van der Waals surface area contributed by atoms with E-state index in [1.165, 1.54) is 0 Å². The third kappa shape index (κ3) is 4.03. The van der Waals surface area contributed by atoms with Crippen LogP contribution in [0.25, 0.3) is 0 Å². The van der Waals surface area contributed by atoms with Crippen LogP contribution in [-0.2, 0) is 4.79 Å². The normalized spacial score (nSPS) is 27.7. The number of nitrogens with one attached hydrogen (secondary N) is 1. The Hall–Kier alpha value is -0.220. The van der Waals surface area contributed by atoms with Gasteiger partial charge < -0.3 is 11.1 Å². The van der Waals surface area contributed by atoms with E-state index in [4.69, 9.17) is 5.73 Å². The highest BCUT2D eigenvalue weighted by atomic mass is 32.2. The first-order valence-electron chi connectivity index (χ1n) is 5.70. The molecule has 15 heavy (non-hydrogen) atoms. The molecule has 1 aliphatic rings. The first kappa shape index (κ1) is 12.8. The van der Waals surface area contributed by atoms with Crippen molar-refractivity contribution in [2.45, 2.75) is 44.7 Å². The average molecular weight is 230 g/mol. The van der Waals surface area contributed by atoms with Crippen LogP contribution in [0, 0.1) is 5.92 Å². The van der Waals surface area contributed by atoms with Gasteiger partial charge in [0.05, 0.1) is 5.92 Å². The van der Waals surface area contributed by atoms with Crippen molar-refractivity contribution in [2.75, 3.05) is 12.0 Å². The molecule has 0 spiro atoms. The lowest BCUT2D eigenvalue weighted by molar-refractivity contribution is -0.125. The Balaban J connectivity index is 2.28. The van der Waals surface area contributed by atoms with E-state index in [-0.39, 0.29) is 23.9 Å². The van der Waals surface area contributed by atoms with Gasteiger partial charge in [0.15, 0.2) is 0 Å². The van der Waals surface area contributed by atoms with E-state index in [9.17, 15) is 4.79 Å². The first-order valence-corrected chi connectivity index (χ1v) is 7.09. The summed E-state index contributed by atoms with van der Waals surface area (Å²) in [6.45, 7) is 2.06. The van der Waals surface area contributed by atoms with Gasteiger partial charge in [-0.2, -0.15) is 11.8 Å². The van der Waals surface area contributed by atoms with Crippen LogP contribution >= 0.6 is 11.8 Å². The Morgan fingerprint density at radius 3 is 2.87 bits per heavy atom. The van der Waals surface area contributed by atoms with Crippen LogP contribution in [0.3, 0.4) is 0 Å². The standard InChI is InChI=1S/C11H22N2OS/c1-8(6-7-15-2)13-11(14)9-4-3-5-10(9)12/h8-10H,3-7,12H2,1-2H3,(H,13,14). The van der Waals surface area contributed by atoms with Crippen molar-refractivity contribution in [3.63, 3.8) is 0 Å². The molecule has 1 fully saturated rings. The maximum Gasteiger partial charge on any atom is 0.224 e. The molecule has 1 rings (SSSR count). The van der Waals surface area contributed by atoms with E-state index in [2.05, 4.69) is 18.5 Å². The SMILES string of the molecule is CSCCC(C)NC(=O)C1CCCC1N. The monoisotopic (exact) mass is 230 g/mol. The van der Waals surface area contributed by atoms with Crippen molar-refractivity contribution in [1.82, 2.24) is 5.32 Å². The van der Waals surface area contributed by atoms with Crippen LogP contribution in [0.2, 0.25) is 0 Å². The van der Waals surface area contributed by atoms with Gasteiger partial charge in [-0.05, 0) is 38.2 Å². The third-order valence-electron chi connectivity index (χ3n) is 3.05. The Morgan fingerprint density at radius 1 is 1.60 bits per heavy atom. The number of hydrogen-bond acceptors (Lipinski definition) is 3. The summed E-state index contributed by atoms with van der Waals surface area (Å²) in [6, 6.07) is 0.357. The summed E-state index contributed by atoms with van der Waals surface area (Å²) in [4.78, 5) is 11.8. The highest BCUT2D eigenvalue weighted by Crippen LogP contribution is 2.24. The van der Waals surface area contributed by atoms with Crippen molar-refractivity contribution in [2.24, 2.45) is 11.7 Å². The van der Waals surface area contributed by atoms with Gasteiger partial charge in [-0.15, -0.1) is 0 Å². The molecule has 1 amide bonds. The summed E-state index contributed by atoms with van der Waals surface area (Å²) in [5.74, 6) is 1.31. The van der Waals surface area contributed by atoms with Gasteiger partial charge in [-0.25, -0.2) is 0 Å². The minimum absolute atomic E-state index is 0.0572. The van der Waals surface area contributed by atoms with E-state index >= 15 is 0 Å². The second kappa shape index (κ2) is 6.38. The zero-order valence-corrected chi connectivity index (χ0v) is 10.5. The van der Waals surface area contributed by atoms with Gasteiger partial charge >= 0.3 is 0 Å². The fraction of sp³-hybridized carbons (Fsp3) is 0.909. The van der Waals surface area contributed by atoms with Crippen LogP contribution in [0.5, 0.6) is 0 Å².